The molecule has 170 valence electrons. The molecule has 0 aliphatic heterocycles. The van der Waals surface area contributed by atoms with Crippen LogP contribution in [0.25, 0.3) is 0 Å². The van der Waals surface area contributed by atoms with E-state index in [0.717, 1.165) is 0 Å². The first kappa shape index (κ1) is 38.5. The van der Waals surface area contributed by atoms with Crippen molar-refractivity contribution < 1.29 is 83.3 Å². The smallest absolute Gasteiger partial charge is 0.767 e. The zero-order chi connectivity index (χ0) is 22.5. The summed E-state index contributed by atoms with van der Waals surface area (Å²) in [5, 5.41) is 0.0810. The Hall–Kier alpha value is -0.134. The molecule has 0 bridgehead atoms. The van der Waals surface area contributed by atoms with Gasteiger partial charge in [0, 0.05) is 32.4 Å². The van der Waals surface area contributed by atoms with Crippen LogP contribution in [0.2, 0.25) is 0 Å². The summed E-state index contributed by atoms with van der Waals surface area (Å²) in [6.07, 6.45) is 1.44. The van der Waals surface area contributed by atoms with E-state index in [1.54, 1.807) is 12.1 Å². The predicted molar refractivity (Wildman–Crippen MR) is 67.6 cm³/mol. The van der Waals surface area contributed by atoms with Crippen molar-refractivity contribution in [2.24, 2.45) is 22.9 Å². The summed E-state index contributed by atoms with van der Waals surface area (Å²) < 4.78 is 88.2. The van der Waals surface area contributed by atoms with Gasteiger partial charge in [0.1, 0.15) is 5.03 Å². The average Bonchev–Trinajstić information content (AvgIpc) is 2.53. The first-order chi connectivity index (χ1) is 12.1. The van der Waals surface area contributed by atoms with E-state index in [1.165, 1.54) is 12.3 Å². The quantitative estimate of drug-likeness (QED) is 0.269. The van der Waals surface area contributed by atoms with Crippen molar-refractivity contribution in [3.8, 4) is 0 Å². The standard InChI is InChI=1S/C5H5NO2S.2C2H8N2.2ClHO4.Co/c7-9(8)5-3-1-2-4-6-5;2*3-1-2-4;2*2-1(3,4)5;/h1-4H,(H,7,8);2*1-4H2;2*(H,2,3,4,5);/q;;;;;+3/p-3. The maximum Gasteiger partial charge on any atom is 3.00 e. The van der Waals surface area contributed by atoms with Gasteiger partial charge in [-0.3, -0.25) is 4.21 Å². The second-order valence-corrected chi connectivity index (χ2v) is 5.71. The SMILES string of the molecule is NCCN.NCCN.O=S([O-])c1ccccn1.[Co+3].[O-][Cl+3]([O-])([O-])[O-].[O-][Cl+3]([O-])([O-])[O-]. The molecular weight excluding hydrogens is 500 g/mol. The van der Waals surface area contributed by atoms with E-state index in [2.05, 4.69) is 4.98 Å². The summed E-state index contributed by atoms with van der Waals surface area (Å²) in [4.78, 5) is 3.57. The second-order valence-electron chi connectivity index (χ2n) is 3.31. The number of hydrogen-bond donors (Lipinski definition) is 4. The molecule has 0 aliphatic carbocycles. The molecule has 1 atom stereocenters. The van der Waals surface area contributed by atoms with Gasteiger partial charge >= 0.3 is 16.8 Å². The van der Waals surface area contributed by atoms with Crippen LogP contribution in [-0.2, 0) is 27.9 Å². The molecule has 0 fully saturated rings. The molecule has 1 aromatic rings. The predicted octanol–water partition coefficient (Wildman–Crippen LogP) is -11.4. The summed E-state index contributed by atoms with van der Waals surface area (Å²) in [6.45, 7) is 2.39. The van der Waals surface area contributed by atoms with Gasteiger partial charge in [0.05, 0.1) is 0 Å². The molecular formula is C9H20Cl2CoN5O10S. The number of nitrogens with two attached hydrogens (primary N) is 4. The average molecular weight is 520 g/mol. The number of aromatic nitrogens is 1. The van der Waals surface area contributed by atoms with Gasteiger partial charge in [-0.2, -0.15) is 0 Å². The summed E-state index contributed by atoms with van der Waals surface area (Å²) >= 11 is -2.19. The minimum Gasteiger partial charge on any atom is -0.767 e. The molecule has 1 unspecified atom stereocenters. The molecule has 0 saturated carbocycles. The molecule has 19 heteroatoms. The second kappa shape index (κ2) is 24.9. The van der Waals surface area contributed by atoms with Crippen molar-refractivity contribution in [2.75, 3.05) is 26.2 Å². The maximum atomic E-state index is 10.1. The Labute approximate surface area is 177 Å². The van der Waals surface area contributed by atoms with Gasteiger partial charge in [0.25, 0.3) is 0 Å². The Bertz CT molecular complexity index is 412. The van der Waals surface area contributed by atoms with Gasteiger partial charge in [-0.05, 0) is 23.2 Å². The molecule has 0 spiro atoms. The number of nitrogens with zero attached hydrogens (tertiary/aromatic N) is 1. The zero-order valence-electron chi connectivity index (χ0n) is 14.0. The summed E-state index contributed by atoms with van der Waals surface area (Å²) in [7, 11) is -9.89. The first-order valence-electron chi connectivity index (χ1n) is 6.18. The van der Waals surface area contributed by atoms with E-state index in [-0.39, 0.29) is 21.8 Å². The van der Waals surface area contributed by atoms with Crippen molar-refractivity contribution in [2.45, 2.75) is 5.03 Å². The van der Waals surface area contributed by atoms with E-state index >= 15 is 0 Å². The molecule has 0 amide bonds. The summed E-state index contributed by atoms with van der Waals surface area (Å²) in [6, 6.07) is 4.72. The van der Waals surface area contributed by atoms with Crippen LogP contribution in [0, 0.1) is 20.5 Å². The number of pyridine rings is 1. The Morgan fingerprint density at radius 2 is 1.07 bits per heavy atom. The van der Waals surface area contributed by atoms with Gasteiger partial charge in [0.2, 0.25) is 0 Å². The zero-order valence-corrected chi connectivity index (χ0v) is 17.3. The van der Waals surface area contributed by atoms with Crippen LogP contribution in [0.3, 0.4) is 0 Å². The number of hydrogen-bond acceptors (Lipinski definition) is 15. The summed E-state index contributed by atoms with van der Waals surface area (Å²) in [5.74, 6) is 0. The van der Waals surface area contributed by atoms with Crippen LogP contribution < -0.4 is 60.2 Å². The fourth-order valence-corrected chi connectivity index (χ4v) is 0.782. The van der Waals surface area contributed by atoms with E-state index in [1.807, 2.05) is 0 Å². The van der Waals surface area contributed by atoms with Crippen LogP contribution in [0.4, 0.5) is 0 Å². The molecule has 1 rings (SSSR count). The fourth-order valence-electron chi connectivity index (χ4n) is 0.446. The van der Waals surface area contributed by atoms with Crippen molar-refractivity contribution >= 4 is 11.1 Å². The van der Waals surface area contributed by atoms with Crippen LogP contribution in [-0.4, -0.2) is 39.9 Å². The van der Waals surface area contributed by atoms with Gasteiger partial charge in [-0.25, -0.2) is 42.3 Å². The largest absolute Gasteiger partial charge is 3.00 e. The number of rotatable bonds is 3. The third-order valence-electron chi connectivity index (χ3n) is 1.14. The third-order valence-corrected chi connectivity index (χ3v) is 1.72. The van der Waals surface area contributed by atoms with Crippen LogP contribution in [0.5, 0.6) is 0 Å². The van der Waals surface area contributed by atoms with Crippen molar-refractivity contribution in [3.63, 3.8) is 0 Å². The Morgan fingerprint density at radius 3 is 1.18 bits per heavy atom. The molecule has 0 radical (unpaired) electrons. The fraction of sp³-hybridized carbons (Fsp3) is 0.444. The van der Waals surface area contributed by atoms with Crippen molar-refractivity contribution in [1.82, 2.24) is 4.98 Å². The van der Waals surface area contributed by atoms with Crippen LogP contribution in [0.15, 0.2) is 29.4 Å². The minimum atomic E-state index is -4.94. The van der Waals surface area contributed by atoms with Gasteiger partial charge in [-0.15, -0.1) is 20.5 Å². The monoisotopic (exact) mass is 519 g/mol. The third kappa shape index (κ3) is 83.2. The molecule has 0 aliphatic rings. The Balaban J connectivity index is -0.0000000821. The van der Waals surface area contributed by atoms with E-state index in [0.29, 0.717) is 26.2 Å². The maximum absolute atomic E-state index is 10.1. The van der Waals surface area contributed by atoms with Gasteiger partial charge in [0.15, 0.2) is 0 Å². The molecule has 1 aromatic heterocycles. The normalized spacial score (nSPS) is 10.6. The van der Waals surface area contributed by atoms with E-state index < -0.39 is 31.6 Å². The molecule has 8 N–H and O–H groups in total. The van der Waals surface area contributed by atoms with Crippen molar-refractivity contribution in [3.05, 3.63) is 24.4 Å². The molecule has 28 heavy (non-hydrogen) atoms. The first-order valence-corrected chi connectivity index (χ1v) is 9.72. The van der Waals surface area contributed by atoms with Gasteiger partial charge in [-0.1, -0.05) is 6.07 Å². The van der Waals surface area contributed by atoms with Crippen LogP contribution >= 0.6 is 0 Å². The van der Waals surface area contributed by atoms with Crippen LogP contribution in [0.1, 0.15) is 0 Å². The molecule has 1 heterocycles. The topological polar surface area (TPSA) is 342 Å². The van der Waals surface area contributed by atoms with Crippen molar-refractivity contribution in [1.29, 1.82) is 0 Å². The van der Waals surface area contributed by atoms with E-state index in [4.69, 9.17) is 60.2 Å². The Morgan fingerprint density at radius 1 is 0.786 bits per heavy atom. The molecule has 0 aromatic carbocycles. The van der Waals surface area contributed by atoms with E-state index in [9.17, 15) is 8.76 Å². The molecule has 15 nitrogen and oxygen atoms in total. The number of halogens is 2. The molecule has 0 saturated heterocycles. The summed E-state index contributed by atoms with van der Waals surface area (Å²) in [5.41, 5.74) is 19.6. The Kier molecular flexibility index (Phi) is 34.2. The van der Waals surface area contributed by atoms with Gasteiger partial charge < -0.3 is 27.5 Å². The minimum absolute atomic E-state index is 0.